The highest BCUT2D eigenvalue weighted by atomic mass is 32.2. The molecule has 0 spiro atoms. The highest BCUT2D eigenvalue weighted by Crippen LogP contribution is 2.10. The molecule has 0 saturated carbocycles. The zero-order chi connectivity index (χ0) is 19.2. The maximum absolute atomic E-state index is 12.1. The number of esters is 1. The molecule has 0 saturated heterocycles. The third-order valence-corrected chi connectivity index (χ3v) is 4.82. The second-order valence-corrected chi connectivity index (χ2v) is 7.48. The SMILES string of the molecule is Cc1ccc(S(=O)(=O)NCC(=O)OCC(=O)Nc2cccc(C)c2)cc1. The first-order chi connectivity index (χ1) is 12.3. The standard InChI is InChI=1S/C18H20N2O5S/c1-13-6-8-16(9-7-13)26(23,24)19-11-18(22)25-12-17(21)20-15-5-3-4-14(2)10-15/h3-10,19H,11-12H2,1-2H3,(H,20,21). The summed E-state index contributed by atoms with van der Waals surface area (Å²) in [6, 6.07) is 13.4. The molecule has 0 aliphatic carbocycles. The molecule has 2 aromatic rings. The topological polar surface area (TPSA) is 102 Å². The van der Waals surface area contributed by atoms with Gasteiger partial charge in [0, 0.05) is 5.69 Å². The van der Waals surface area contributed by atoms with E-state index in [4.69, 9.17) is 4.74 Å². The summed E-state index contributed by atoms with van der Waals surface area (Å²) in [5.41, 5.74) is 2.49. The van der Waals surface area contributed by atoms with Crippen molar-refractivity contribution in [1.82, 2.24) is 4.72 Å². The number of benzene rings is 2. The van der Waals surface area contributed by atoms with Gasteiger partial charge in [-0.25, -0.2) is 8.42 Å². The summed E-state index contributed by atoms with van der Waals surface area (Å²) >= 11 is 0. The average Bonchev–Trinajstić information content (AvgIpc) is 2.59. The molecule has 0 heterocycles. The van der Waals surface area contributed by atoms with Crippen LogP contribution >= 0.6 is 0 Å². The Kier molecular flexibility index (Phi) is 6.48. The number of ether oxygens (including phenoxy) is 1. The van der Waals surface area contributed by atoms with E-state index < -0.39 is 35.1 Å². The van der Waals surface area contributed by atoms with E-state index in [1.165, 1.54) is 12.1 Å². The molecule has 7 nitrogen and oxygen atoms in total. The van der Waals surface area contributed by atoms with Crippen LogP contribution in [-0.2, 0) is 24.3 Å². The summed E-state index contributed by atoms with van der Waals surface area (Å²) in [4.78, 5) is 23.5. The van der Waals surface area contributed by atoms with E-state index in [1.807, 2.05) is 19.9 Å². The molecular formula is C18H20N2O5S. The fourth-order valence-electron chi connectivity index (χ4n) is 2.07. The molecule has 2 aromatic carbocycles. The van der Waals surface area contributed by atoms with Crippen LogP contribution in [0.4, 0.5) is 5.69 Å². The van der Waals surface area contributed by atoms with Crippen molar-refractivity contribution < 1.29 is 22.7 Å². The number of sulfonamides is 1. The van der Waals surface area contributed by atoms with Gasteiger partial charge in [0.2, 0.25) is 10.0 Å². The molecule has 8 heteroatoms. The van der Waals surface area contributed by atoms with E-state index in [9.17, 15) is 18.0 Å². The Hall–Kier alpha value is -2.71. The fourth-order valence-corrected chi connectivity index (χ4v) is 3.04. The van der Waals surface area contributed by atoms with Gasteiger partial charge in [-0.2, -0.15) is 4.72 Å². The molecular weight excluding hydrogens is 356 g/mol. The van der Waals surface area contributed by atoms with Crippen LogP contribution in [0.3, 0.4) is 0 Å². The molecule has 0 bridgehead atoms. The number of carbonyl (C=O) groups excluding carboxylic acids is 2. The Morgan fingerprint density at radius 3 is 2.35 bits per heavy atom. The van der Waals surface area contributed by atoms with Crippen molar-refractivity contribution in [3.63, 3.8) is 0 Å². The lowest BCUT2D eigenvalue weighted by atomic mass is 10.2. The minimum absolute atomic E-state index is 0.0492. The quantitative estimate of drug-likeness (QED) is 0.717. The second-order valence-electron chi connectivity index (χ2n) is 5.72. The number of carbonyl (C=O) groups is 2. The first kappa shape index (κ1) is 19.6. The van der Waals surface area contributed by atoms with Gasteiger partial charge in [0.15, 0.2) is 6.61 Å². The monoisotopic (exact) mass is 376 g/mol. The lowest BCUT2D eigenvalue weighted by molar-refractivity contribution is -0.146. The van der Waals surface area contributed by atoms with Crippen molar-refractivity contribution in [2.75, 3.05) is 18.5 Å². The highest BCUT2D eigenvalue weighted by molar-refractivity contribution is 7.89. The zero-order valence-corrected chi connectivity index (χ0v) is 15.3. The average molecular weight is 376 g/mol. The molecule has 0 fully saturated rings. The lowest BCUT2D eigenvalue weighted by Gasteiger charge is -2.08. The van der Waals surface area contributed by atoms with Crippen LogP contribution in [0, 0.1) is 13.8 Å². The van der Waals surface area contributed by atoms with Crippen molar-refractivity contribution in [2.45, 2.75) is 18.7 Å². The Morgan fingerprint density at radius 2 is 1.69 bits per heavy atom. The summed E-state index contributed by atoms with van der Waals surface area (Å²) in [6.45, 7) is 2.66. The van der Waals surface area contributed by atoms with E-state index >= 15 is 0 Å². The van der Waals surface area contributed by atoms with Crippen LogP contribution in [0.1, 0.15) is 11.1 Å². The largest absolute Gasteiger partial charge is 0.455 e. The Bertz CT molecular complexity index is 892. The van der Waals surface area contributed by atoms with E-state index in [0.29, 0.717) is 5.69 Å². The summed E-state index contributed by atoms with van der Waals surface area (Å²) in [7, 11) is -3.82. The van der Waals surface area contributed by atoms with Crippen molar-refractivity contribution in [3.05, 3.63) is 59.7 Å². The van der Waals surface area contributed by atoms with Crippen molar-refractivity contribution in [3.8, 4) is 0 Å². The van der Waals surface area contributed by atoms with Crippen LogP contribution in [0.5, 0.6) is 0 Å². The van der Waals surface area contributed by atoms with Gasteiger partial charge in [0.1, 0.15) is 6.54 Å². The van der Waals surface area contributed by atoms with Gasteiger partial charge in [-0.05, 0) is 43.7 Å². The molecule has 1 amide bonds. The first-order valence-electron chi connectivity index (χ1n) is 7.85. The van der Waals surface area contributed by atoms with Gasteiger partial charge in [-0.3, -0.25) is 9.59 Å². The summed E-state index contributed by atoms with van der Waals surface area (Å²) in [5.74, 6) is -1.36. The van der Waals surface area contributed by atoms with Crippen LogP contribution < -0.4 is 10.0 Å². The van der Waals surface area contributed by atoms with E-state index in [0.717, 1.165) is 11.1 Å². The lowest BCUT2D eigenvalue weighted by Crippen LogP contribution is -2.32. The zero-order valence-electron chi connectivity index (χ0n) is 14.5. The number of hydrogen-bond acceptors (Lipinski definition) is 5. The summed E-state index contributed by atoms with van der Waals surface area (Å²) in [6.07, 6.45) is 0. The molecule has 0 aliphatic rings. The number of nitrogens with one attached hydrogen (secondary N) is 2. The number of rotatable bonds is 7. The van der Waals surface area contributed by atoms with Crippen molar-refractivity contribution in [2.24, 2.45) is 0 Å². The molecule has 26 heavy (non-hydrogen) atoms. The molecule has 0 unspecified atom stereocenters. The van der Waals surface area contributed by atoms with Gasteiger partial charge in [-0.15, -0.1) is 0 Å². The highest BCUT2D eigenvalue weighted by Gasteiger charge is 2.16. The molecule has 0 atom stereocenters. The summed E-state index contributed by atoms with van der Waals surface area (Å²) < 4.78 is 31.0. The van der Waals surface area contributed by atoms with Crippen LogP contribution in [-0.4, -0.2) is 33.4 Å². The molecule has 2 N–H and O–H groups in total. The van der Waals surface area contributed by atoms with Crippen molar-refractivity contribution in [1.29, 1.82) is 0 Å². The predicted molar refractivity (Wildman–Crippen MR) is 97.1 cm³/mol. The Balaban J connectivity index is 1.79. The van der Waals surface area contributed by atoms with Crippen molar-refractivity contribution >= 4 is 27.6 Å². The Morgan fingerprint density at radius 1 is 1.00 bits per heavy atom. The smallest absolute Gasteiger partial charge is 0.321 e. The number of hydrogen-bond donors (Lipinski definition) is 2. The number of aryl methyl sites for hydroxylation is 2. The van der Waals surface area contributed by atoms with Gasteiger partial charge < -0.3 is 10.1 Å². The third-order valence-electron chi connectivity index (χ3n) is 3.40. The van der Waals surface area contributed by atoms with E-state index in [1.54, 1.807) is 30.3 Å². The van der Waals surface area contributed by atoms with E-state index in [-0.39, 0.29) is 4.90 Å². The Labute approximate surface area is 152 Å². The van der Waals surface area contributed by atoms with Gasteiger partial charge in [-0.1, -0.05) is 29.8 Å². The normalized spacial score (nSPS) is 11.0. The first-order valence-corrected chi connectivity index (χ1v) is 9.33. The minimum atomic E-state index is -3.82. The maximum Gasteiger partial charge on any atom is 0.321 e. The fraction of sp³-hybridized carbons (Fsp3) is 0.222. The van der Waals surface area contributed by atoms with Crippen LogP contribution in [0.25, 0.3) is 0 Å². The number of anilines is 1. The molecule has 0 radical (unpaired) electrons. The predicted octanol–water partition coefficient (Wildman–Crippen LogP) is 1.76. The van der Waals surface area contributed by atoms with Crippen LogP contribution in [0.2, 0.25) is 0 Å². The molecule has 0 aliphatic heterocycles. The number of amides is 1. The van der Waals surface area contributed by atoms with Crippen LogP contribution in [0.15, 0.2) is 53.4 Å². The summed E-state index contributed by atoms with van der Waals surface area (Å²) in [5, 5.41) is 2.59. The molecule has 138 valence electrons. The molecule has 2 rings (SSSR count). The molecule has 0 aromatic heterocycles. The second kappa shape index (κ2) is 8.59. The minimum Gasteiger partial charge on any atom is -0.455 e. The van der Waals surface area contributed by atoms with E-state index in [2.05, 4.69) is 10.0 Å². The van der Waals surface area contributed by atoms with Gasteiger partial charge in [0.05, 0.1) is 4.90 Å². The third kappa shape index (κ3) is 5.98. The van der Waals surface area contributed by atoms with Gasteiger partial charge in [0.25, 0.3) is 5.91 Å². The maximum atomic E-state index is 12.1. The van der Waals surface area contributed by atoms with Gasteiger partial charge >= 0.3 is 5.97 Å².